The number of aromatic nitrogens is 1. The molecule has 0 aliphatic heterocycles. The van der Waals surface area contributed by atoms with Gasteiger partial charge in [0.05, 0.1) is 12.8 Å². The van der Waals surface area contributed by atoms with Gasteiger partial charge in [-0.2, -0.15) is 0 Å². The van der Waals surface area contributed by atoms with Crippen molar-refractivity contribution < 1.29 is 18.4 Å². The number of carbonyl (C=O) groups excluding carboxylic acids is 1. The smallest absolute Gasteiger partial charge is 0.317 e. The van der Waals surface area contributed by atoms with Crippen LogP contribution < -0.4 is 0 Å². The van der Waals surface area contributed by atoms with E-state index in [1.165, 1.54) is 18.3 Å². The lowest BCUT2D eigenvalue weighted by Gasteiger charge is -2.14. The molecule has 0 aliphatic carbocycles. The Morgan fingerprint density at radius 2 is 2.30 bits per heavy atom. The van der Waals surface area contributed by atoms with E-state index in [-0.39, 0.29) is 23.6 Å². The lowest BCUT2D eigenvalue weighted by molar-refractivity contribution is -0.145. The number of carbonyl (C=O) groups is 1. The average Bonchev–Trinajstić information content (AvgIpc) is 2.92. The van der Waals surface area contributed by atoms with Crippen molar-refractivity contribution in [2.24, 2.45) is 0 Å². The van der Waals surface area contributed by atoms with E-state index in [0.29, 0.717) is 5.76 Å². The number of benzene rings is 1. The van der Waals surface area contributed by atoms with Gasteiger partial charge in [-0.3, -0.25) is 4.79 Å². The van der Waals surface area contributed by atoms with E-state index in [4.69, 9.17) is 20.9 Å². The minimum atomic E-state index is -0.771. The number of hydrogen-bond acceptors (Lipinski definition) is 4. The van der Waals surface area contributed by atoms with Crippen LogP contribution in [0.2, 0.25) is 5.02 Å². The highest BCUT2D eigenvalue weighted by molar-refractivity contribution is 6.31. The van der Waals surface area contributed by atoms with Crippen LogP contribution in [-0.4, -0.2) is 17.7 Å². The molecular formula is C14H13ClFNO3. The fraction of sp³-hybridized carbons (Fsp3) is 0.286. The molecule has 4 nitrogen and oxygen atoms in total. The van der Waals surface area contributed by atoms with Crippen LogP contribution >= 0.6 is 11.6 Å². The Morgan fingerprint density at radius 3 is 2.90 bits per heavy atom. The maximum absolute atomic E-state index is 13.8. The maximum atomic E-state index is 13.8. The van der Waals surface area contributed by atoms with Gasteiger partial charge in [0, 0.05) is 16.7 Å². The molecule has 0 fully saturated rings. The molecule has 0 spiro atoms. The summed E-state index contributed by atoms with van der Waals surface area (Å²) < 4.78 is 23.8. The molecule has 106 valence electrons. The van der Waals surface area contributed by atoms with E-state index in [2.05, 4.69) is 5.16 Å². The van der Waals surface area contributed by atoms with Crippen LogP contribution in [0.1, 0.15) is 24.2 Å². The quantitative estimate of drug-likeness (QED) is 0.794. The van der Waals surface area contributed by atoms with Gasteiger partial charge in [0.2, 0.25) is 0 Å². The molecule has 1 unspecified atom stereocenters. The van der Waals surface area contributed by atoms with E-state index in [0.717, 1.165) is 0 Å². The van der Waals surface area contributed by atoms with Crippen LogP contribution in [-0.2, 0) is 16.0 Å². The molecule has 0 bridgehead atoms. The summed E-state index contributed by atoms with van der Waals surface area (Å²) in [6, 6.07) is 5.93. The van der Waals surface area contributed by atoms with Crippen LogP contribution in [0.3, 0.4) is 0 Å². The molecule has 0 aliphatic rings. The van der Waals surface area contributed by atoms with Crippen molar-refractivity contribution >= 4 is 17.6 Å². The molecule has 1 aromatic carbocycles. The van der Waals surface area contributed by atoms with Gasteiger partial charge in [0.15, 0.2) is 5.76 Å². The number of esters is 1. The Bertz CT molecular complexity index is 566. The Balaban J connectivity index is 2.31. The first-order chi connectivity index (χ1) is 9.63. The molecule has 1 aromatic heterocycles. The predicted molar refractivity (Wildman–Crippen MR) is 71.0 cm³/mol. The van der Waals surface area contributed by atoms with Crippen LogP contribution in [0.15, 0.2) is 35.0 Å². The van der Waals surface area contributed by atoms with Gasteiger partial charge < -0.3 is 9.26 Å². The first kappa shape index (κ1) is 14.5. The molecule has 1 heterocycles. The van der Waals surface area contributed by atoms with Crippen molar-refractivity contribution in [2.45, 2.75) is 19.3 Å². The van der Waals surface area contributed by atoms with Crippen molar-refractivity contribution in [1.82, 2.24) is 5.16 Å². The van der Waals surface area contributed by atoms with Crippen LogP contribution in [0.5, 0.6) is 0 Å². The molecule has 0 saturated heterocycles. The van der Waals surface area contributed by atoms with E-state index in [1.807, 2.05) is 0 Å². The van der Waals surface area contributed by atoms with Crippen LogP contribution in [0.4, 0.5) is 4.39 Å². The Kier molecular flexibility index (Phi) is 4.74. The van der Waals surface area contributed by atoms with Gasteiger partial charge in [0.1, 0.15) is 11.7 Å². The summed E-state index contributed by atoms with van der Waals surface area (Å²) in [5.41, 5.74) is 0.253. The third kappa shape index (κ3) is 3.17. The highest BCUT2D eigenvalue weighted by atomic mass is 35.5. The summed E-state index contributed by atoms with van der Waals surface area (Å²) in [4.78, 5) is 12.0. The lowest BCUT2D eigenvalue weighted by atomic mass is 9.96. The molecule has 6 heteroatoms. The minimum absolute atomic E-state index is 0.0551. The molecule has 20 heavy (non-hydrogen) atoms. The fourth-order valence-electron chi connectivity index (χ4n) is 1.88. The molecule has 2 aromatic rings. The van der Waals surface area contributed by atoms with E-state index >= 15 is 0 Å². The van der Waals surface area contributed by atoms with Gasteiger partial charge >= 0.3 is 5.97 Å². The van der Waals surface area contributed by atoms with Gasteiger partial charge in [-0.15, -0.1) is 0 Å². The summed E-state index contributed by atoms with van der Waals surface area (Å²) in [6.07, 6.45) is 1.48. The van der Waals surface area contributed by atoms with Crippen molar-refractivity contribution in [2.75, 3.05) is 6.61 Å². The van der Waals surface area contributed by atoms with Crippen molar-refractivity contribution in [3.05, 3.63) is 52.6 Å². The van der Waals surface area contributed by atoms with E-state index in [1.54, 1.807) is 19.1 Å². The lowest BCUT2D eigenvalue weighted by Crippen LogP contribution is -2.18. The highest BCUT2D eigenvalue weighted by Gasteiger charge is 2.27. The molecule has 0 saturated carbocycles. The number of halogens is 2. The number of ether oxygens (including phenoxy) is 1. The van der Waals surface area contributed by atoms with Crippen molar-refractivity contribution in [3.8, 4) is 0 Å². The zero-order chi connectivity index (χ0) is 14.5. The summed E-state index contributed by atoms with van der Waals surface area (Å²) in [7, 11) is 0. The van der Waals surface area contributed by atoms with Crippen molar-refractivity contribution in [3.63, 3.8) is 0 Å². The largest absolute Gasteiger partial charge is 0.465 e. The van der Waals surface area contributed by atoms with Gasteiger partial charge in [0.25, 0.3) is 0 Å². The fourth-order valence-corrected chi connectivity index (χ4v) is 2.12. The second-order valence-electron chi connectivity index (χ2n) is 4.12. The number of rotatable bonds is 5. The third-order valence-electron chi connectivity index (χ3n) is 2.84. The monoisotopic (exact) mass is 297 g/mol. The summed E-state index contributed by atoms with van der Waals surface area (Å²) >= 11 is 5.98. The van der Waals surface area contributed by atoms with Crippen molar-refractivity contribution in [1.29, 1.82) is 0 Å². The molecule has 0 amide bonds. The first-order valence-electron chi connectivity index (χ1n) is 6.13. The molecule has 0 N–H and O–H groups in total. The first-order valence-corrected chi connectivity index (χ1v) is 6.51. The second kappa shape index (κ2) is 6.52. The molecular weight excluding hydrogens is 285 g/mol. The van der Waals surface area contributed by atoms with Crippen LogP contribution in [0, 0.1) is 5.82 Å². The number of nitrogens with zero attached hydrogens (tertiary/aromatic N) is 1. The highest BCUT2D eigenvalue weighted by Crippen LogP contribution is 2.28. The maximum Gasteiger partial charge on any atom is 0.317 e. The average molecular weight is 298 g/mol. The normalized spacial score (nSPS) is 12.2. The topological polar surface area (TPSA) is 52.3 Å². The molecule has 0 radical (unpaired) electrons. The SMILES string of the molecule is CCOC(=O)C(Cc1c(F)cccc1Cl)c1ccno1. The minimum Gasteiger partial charge on any atom is -0.465 e. The zero-order valence-electron chi connectivity index (χ0n) is 10.8. The number of hydrogen-bond donors (Lipinski definition) is 0. The Hall–Kier alpha value is -1.88. The Morgan fingerprint density at radius 1 is 1.50 bits per heavy atom. The predicted octanol–water partition coefficient (Wildman–Crippen LogP) is 3.36. The van der Waals surface area contributed by atoms with Gasteiger partial charge in [-0.25, -0.2) is 4.39 Å². The van der Waals surface area contributed by atoms with E-state index in [9.17, 15) is 9.18 Å². The van der Waals surface area contributed by atoms with Gasteiger partial charge in [-0.05, 0) is 25.5 Å². The summed E-state index contributed by atoms with van der Waals surface area (Å²) in [6.45, 7) is 1.93. The van der Waals surface area contributed by atoms with Gasteiger partial charge in [-0.1, -0.05) is 22.8 Å². The summed E-state index contributed by atoms with van der Waals surface area (Å²) in [5, 5.41) is 3.83. The molecule has 1 atom stereocenters. The van der Waals surface area contributed by atoms with E-state index < -0.39 is 17.7 Å². The standard InChI is InChI=1S/C14H13ClFNO3/c1-2-19-14(18)10(13-6-7-17-20-13)8-9-11(15)4-3-5-12(9)16/h3-7,10H,2,8H2,1H3. The zero-order valence-corrected chi connectivity index (χ0v) is 11.6. The van der Waals surface area contributed by atoms with Crippen LogP contribution in [0.25, 0.3) is 0 Å². The summed E-state index contributed by atoms with van der Waals surface area (Å²) in [5.74, 6) is -1.41. The second-order valence-corrected chi connectivity index (χ2v) is 4.53. The molecule has 2 rings (SSSR count). The Labute approximate surface area is 120 Å². The third-order valence-corrected chi connectivity index (χ3v) is 3.20.